The molecule has 0 spiro atoms. The maximum atomic E-state index is 15.3. The Morgan fingerprint density at radius 3 is 2.55 bits per heavy atom. The van der Waals surface area contributed by atoms with Crippen molar-refractivity contribution in [2.24, 2.45) is 17.6 Å². The number of pyridine rings is 1. The van der Waals surface area contributed by atoms with Crippen LogP contribution in [0.25, 0.3) is 10.9 Å². The standard InChI is InChI=1S/C21H26FN3O4/c1-10-7-24(9-16(23)11(10)2)18-15(22)6-13-17(20(18)29-3)25(12-4-5-12)8-14(19(13)26)21(27)28/h6,8,10-12,16H,4-5,7,9,23H2,1-3H3,(H,27,28)/t10-,11-,16+/m0/s1. The number of anilines is 1. The molecule has 0 amide bonds. The number of carboxylic acids is 1. The minimum atomic E-state index is -1.32. The summed E-state index contributed by atoms with van der Waals surface area (Å²) in [5.41, 5.74) is 5.96. The summed E-state index contributed by atoms with van der Waals surface area (Å²) < 4.78 is 22.7. The summed E-state index contributed by atoms with van der Waals surface area (Å²) in [6.45, 7) is 5.28. The Kier molecular flexibility index (Phi) is 4.77. The van der Waals surface area contributed by atoms with Gasteiger partial charge in [-0.05, 0) is 30.7 Å². The largest absolute Gasteiger partial charge is 0.492 e. The lowest BCUT2D eigenvalue weighted by Gasteiger charge is -2.41. The van der Waals surface area contributed by atoms with Crippen molar-refractivity contribution in [3.63, 3.8) is 0 Å². The molecular weight excluding hydrogens is 377 g/mol. The third-order valence-corrected chi connectivity index (χ3v) is 6.40. The number of benzene rings is 1. The molecule has 2 heterocycles. The van der Waals surface area contributed by atoms with Gasteiger partial charge >= 0.3 is 5.97 Å². The summed E-state index contributed by atoms with van der Waals surface area (Å²) >= 11 is 0. The highest BCUT2D eigenvalue weighted by molar-refractivity contribution is 5.97. The lowest BCUT2D eigenvalue weighted by atomic mass is 9.85. The van der Waals surface area contributed by atoms with Gasteiger partial charge in [0.25, 0.3) is 0 Å². The van der Waals surface area contributed by atoms with Crippen LogP contribution >= 0.6 is 0 Å². The van der Waals surface area contributed by atoms with E-state index in [0.717, 1.165) is 18.9 Å². The van der Waals surface area contributed by atoms with Crippen LogP contribution in [0.2, 0.25) is 0 Å². The third kappa shape index (κ3) is 3.15. The number of methoxy groups -OCH3 is 1. The Morgan fingerprint density at radius 2 is 2.00 bits per heavy atom. The smallest absolute Gasteiger partial charge is 0.341 e. The number of nitrogens with two attached hydrogens (primary N) is 1. The maximum Gasteiger partial charge on any atom is 0.341 e. The molecule has 8 heteroatoms. The van der Waals surface area contributed by atoms with Gasteiger partial charge in [0, 0.05) is 31.4 Å². The van der Waals surface area contributed by atoms with Crippen LogP contribution in [0.5, 0.6) is 5.75 Å². The summed E-state index contributed by atoms with van der Waals surface area (Å²) in [4.78, 5) is 26.2. The molecule has 1 aliphatic carbocycles. The van der Waals surface area contributed by atoms with Crippen molar-refractivity contribution in [1.82, 2.24) is 4.57 Å². The number of aromatic nitrogens is 1. The number of rotatable bonds is 4. The van der Waals surface area contributed by atoms with E-state index < -0.39 is 17.2 Å². The van der Waals surface area contributed by atoms with Crippen molar-refractivity contribution in [2.45, 2.75) is 38.8 Å². The summed E-state index contributed by atoms with van der Waals surface area (Å²) in [6.07, 6.45) is 3.10. The molecule has 0 bridgehead atoms. The van der Waals surface area contributed by atoms with Gasteiger partial charge in [-0.15, -0.1) is 0 Å². The third-order valence-electron chi connectivity index (χ3n) is 6.40. The Hall–Kier alpha value is -2.61. The van der Waals surface area contributed by atoms with Crippen molar-refractivity contribution in [2.75, 3.05) is 25.1 Å². The van der Waals surface area contributed by atoms with Crippen molar-refractivity contribution in [3.05, 3.63) is 33.9 Å². The molecule has 1 saturated carbocycles. The van der Waals surface area contributed by atoms with Crippen molar-refractivity contribution in [3.8, 4) is 5.75 Å². The number of aromatic carboxylic acids is 1. The van der Waals surface area contributed by atoms with Crippen LogP contribution in [-0.4, -0.2) is 41.9 Å². The molecule has 3 N–H and O–H groups in total. The van der Waals surface area contributed by atoms with Crippen LogP contribution in [0, 0.1) is 17.7 Å². The molecule has 0 unspecified atom stereocenters. The van der Waals surface area contributed by atoms with Crippen LogP contribution < -0.4 is 20.8 Å². The Bertz CT molecular complexity index is 1030. The van der Waals surface area contributed by atoms with Crippen LogP contribution in [0.15, 0.2) is 17.1 Å². The normalized spacial score (nSPS) is 24.7. The molecule has 0 radical (unpaired) electrons. The van der Waals surface area contributed by atoms with E-state index in [1.165, 1.54) is 13.3 Å². The average Bonchev–Trinajstić information content (AvgIpc) is 3.50. The minimum Gasteiger partial charge on any atom is -0.492 e. The zero-order valence-electron chi connectivity index (χ0n) is 16.8. The second kappa shape index (κ2) is 7.02. The summed E-state index contributed by atoms with van der Waals surface area (Å²) in [5, 5.41) is 9.45. The van der Waals surface area contributed by atoms with Gasteiger partial charge in [-0.1, -0.05) is 13.8 Å². The van der Waals surface area contributed by atoms with E-state index in [1.54, 1.807) is 4.57 Å². The van der Waals surface area contributed by atoms with Crippen molar-refractivity contribution < 1.29 is 19.0 Å². The van der Waals surface area contributed by atoms with E-state index in [2.05, 4.69) is 13.8 Å². The molecule has 29 heavy (non-hydrogen) atoms. The van der Waals surface area contributed by atoms with E-state index in [-0.39, 0.29) is 40.4 Å². The van der Waals surface area contributed by atoms with Crippen LogP contribution in [0.1, 0.15) is 43.1 Å². The fraction of sp³-hybridized carbons (Fsp3) is 0.524. The number of nitrogens with zero attached hydrogens (tertiary/aromatic N) is 2. The Labute approximate surface area is 167 Å². The van der Waals surface area contributed by atoms with Gasteiger partial charge in [-0.25, -0.2) is 9.18 Å². The SMILES string of the molecule is COc1c(N2C[C@@H](N)[C@@H](C)[C@@H](C)C2)c(F)cc2c(=O)c(C(=O)O)cn(C3CC3)c12. The number of fused-ring (bicyclic) bond motifs is 1. The Morgan fingerprint density at radius 1 is 1.31 bits per heavy atom. The molecule has 2 aromatic rings. The number of hydrogen-bond donors (Lipinski definition) is 2. The van der Waals surface area contributed by atoms with Gasteiger partial charge in [0.05, 0.1) is 18.0 Å². The maximum absolute atomic E-state index is 15.3. The topological polar surface area (TPSA) is 97.8 Å². The van der Waals surface area contributed by atoms with Crippen molar-refractivity contribution >= 4 is 22.6 Å². The monoisotopic (exact) mass is 403 g/mol. The van der Waals surface area contributed by atoms with E-state index in [4.69, 9.17) is 10.5 Å². The molecule has 3 atom stereocenters. The van der Waals surface area contributed by atoms with E-state index in [0.29, 0.717) is 24.5 Å². The highest BCUT2D eigenvalue weighted by Gasteiger charge is 2.35. The van der Waals surface area contributed by atoms with E-state index in [9.17, 15) is 14.7 Å². The minimum absolute atomic E-state index is 0.0256. The number of carbonyl (C=O) groups is 1. The Balaban J connectivity index is 1.99. The second-order valence-corrected chi connectivity index (χ2v) is 8.36. The number of piperidine rings is 1. The first-order chi connectivity index (χ1) is 13.7. The highest BCUT2D eigenvalue weighted by Crippen LogP contribution is 2.44. The van der Waals surface area contributed by atoms with E-state index in [1.807, 2.05) is 4.90 Å². The molecule has 156 valence electrons. The first kappa shape index (κ1) is 19.7. The highest BCUT2D eigenvalue weighted by atomic mass is 19.1. The van der Waals surface area contributed by atoms with Gasteiger partial charge < -0.3 is 25.0 Å². The molecule has 1 saturated heterocycles. The number of carboxylic acid groups (broad SMARTS) is 1. The van der Waals surface area contributed by atoms with Gasteiger partial charge in [0.15, 0.2) is 11.6 Å². The van der Waals surface area contributed by atoms with Crippen LogP contribution in [0.4, 0.5) is 10.1 Å². The van der Waals surface area contributed by atoms with Crippen molar-refractivity contribution in [1.29, 1.82) is 0 Å². The lowest BCUT2D eigenvalue weighted by Crippen LogP contribution is -2.52. The van der Waals surface area contributed by atoms with Gasteiger partial charge in [-0.3, -0.25) is 4.79 Å². The molecule has 4 rings (SSSR count). The predicted molar refractivity (Wildman–Crippen MR) is 108 cm³/mol. The molecule has 2 aliphatic rings. The first-order valence-electron chi connectivity index (χ1n) is 9.93. The average molecular weight is 403 g/mol. The summed E-state index contributed by atoms with van der Waals surface area (Å²) in [5.74, 6) is -1.10. The number of halogens is 1. The quantitative estimate of drug-likeness (QED) is 0.814. The predicted octanol–water partition coefficient (Wildman–Crippen LogP) is 2.60. The molecule has 2 fully saturated rings. The zero-order valence-corrected chi connectivity index (χ0v) is 16.8. The number of hydrogen-bond acceptors (Lipinski definition) is 5. The summed E-state index contributed by atoms with van der Waals surface area (Å²) in [7, 11) is 1.44. The zero-order chi connectivity index (χ0) is 21.0. The van der Waals surface area contributed by atoms with Gasteiger partial charge in [0.2, 0.25) is 5.43 Å². The molecule has 7 nitrogen and oxygen atoms in total. The molecule has 1 aliphatic heterocycles. The van der Waals surface area contributed by atoms with E-state index >= 15 is 4.39 Å². The lowest BCUT2D eigenvalue weighted by molar-refractivity contribution is 0.0695. The summed E-state index contributed by atoms with van der Waals surface area (Å²) in [6, 6.07) is 1.11. The fourth-order valence-electron chi connectivity index (χ4n) is 4.34. The molecular formula is C21H26FN3O4. The fourth-order valence-corrected chi connectivity index (χ4v) is 4.34. The van der Waals surface area contributed by atoms with Gasteiger partial charge in [-0.2, -0.15) is 0 Å². The molecule has 1 aromatic heterocycles. The van der Waals surface area contributed by atoms with Crippen LogP contribution in [0.3, 0.4) is 0 Å². The second-order valence-electron chi connectivity index (χ2n) is 8.36. The van der Waals surface area contributed by atoms with Crippen LogP contribution in [-0.2, 0) is 0 Å². The van der Waals surface area contributed by atoms with Gasteiger partial charge in [0.1, 0.15) is 11.3 Å². The first-order valence-corrected chi connectivity index (χ1v) is 9.93. The number of ether oxygens (including phenoxy) is 1. The molecule has 1 aromatic carbocycles.